The largest absolute Gasteiger partial charge is 0.460 e. The summed E-state index contributed by atoms with van der Waals surface area (Å²) in [5.41, 5.74) is 0.445. The third-order valence-corrected chi connectivity index (χ3v) is 5.96. The second kappa shape index (κ2) is 5.32. The van der Waals surface area contributed by atoms with Crippen LogP contribution < -0.4 is 0 Å². The lowest BCUT2D eigenvalue weighted by molar-refractivity contribution is -0.384. The van der Waals surface area contributed by atoms with Gasteiger partial charge in [0.15, 0.2) is 0 Å². The molecule has 0 atom stereocenters. The number of nitrogens with zero attached hydrogens (tertiary/aromatic N) is 1. The summed E-state index contributed by atoms with van der Waals surface area (Å²) in [6.07, 6.45) is 6.80. The minimum Gasteiger partial charge on any atom is -0.460 e. The van der Waals surface area contributed by atoms with Crippen LogP contribution in [0.15, 0.2) is 24.3 Å². The molecule has 0 unspecified atom stereocenters. The molecule has 0 amide bonds. The standard InChI is InChI=1S/C18H21NO4/c20-17(23-11-12-2-1-3-16(7-12)19(21)22)18-8-13-4-14(9-18)6-15(5-13)10-18/h1-3,7,13-15H,4-6,8-11H2. The Labute approximate surface area is 135 Å². The predicted octanol–water partition coefficient (Wildman–Crippen LogP) is 3.85. The Bertz CT molecular complexity index is 619. The highest BCUT2D eigenvalue weighted by Gasteiger charge is 2.55. The fourth-order valence-electron chi connectivity index (χ4n) is 5.42. The lowest BCUT2D eigenvalue weighted by atomic mass is 9.49. The molecule has 4 aliphatic carbocycles. The average molecular weight is 315 g/mol. The first-order chi connectivity index (χ1) is 11.0. The molecule has 1 aromatic rings. The van der Waals surface area contributed by atoms with Crippen molar-refractivity contribution in [2.45, 2.75) is 45.1 Å². The first-order valence-corrected chi connectivity index (χ1v) is 8.45. The van der Waals surface area contributed by atoms with Crippen LogP contribution in [-0.4, -0.2) is 10.9 Å². The van der Waals surface area contributed by atoms with Crippen molar-refractivity contribution in [2.24, 2.45) is 23.2 Å². The Balaban J connectivity index is 1.44. The summed E-state index contributed by atoms with van der Waals surface area (Å²) in [5.74, 6) is 2.02. The highest BCUT2D eigenvalue weighted by atomic mass is 16.6. The van der Waals surface area contributed by atoms with Crippen LogP contribution in [0.25, 0.3) is 0 Å². The van der Waals surface area contributed by atoms with Gasteiger partial charge in [0.05, 0.1) is 10.3 Å². The molecule has 122 valence electrons. The zero-order valence-electron chi connectivity index (χ0n) is 13.1. The molecular weight excluding hydrogens is 294 g/mol. The molecule has 0 aliphatic heterocycles. The normalized spacial score (nSPS) is 34.3. The minimum absolute atomic E-state index is 0.0355. The van der Waals surface area contributed by atoms with Crippen LogP contribution in [0, 0.1) is 33.3 Å². The molecule has 1 aromatic carbocycles. The maximum atomic E-state index is 12.7. The molecule has 5 nitrogen and oxygen atoms in total. The third-order valence-electron chi connectivity index (χ3n) is 5.96. The summed E-state index contributed by atoms with van der Waals surface area (Å²) >= 11 is 0. The van der Waals surface area contributed by atoms with Crippen molar-refractivity contribution in [1.29, 1.82) is 0 Å². The van der Waals surface area contributed by atoms with E-state index >= 15 is 0 Å². The molecule has 5 heteroatoms. The van der Waals surface area contributed by atoms with Gasteiger partial charge in [-0.05, 0) is 61.8 Å². The Morgan fingerprint density at radius 1 is 1.17 bits per heavy atom. The summed E-state index contributed by atoms with van der Waals surface area (Å²) in [6.45, 7) is 0.127. The number of ether oxygens (including phenoxy) is 1. The summed E-state index contributed by atoms with van der Waals surface area (Å²) < 4.78 is 5.59. The molecule has 0 heterocycles. The highest BCUT2D eigenvalue weighted by molar-refractivity contribution is 5.77. The first-order valence-electron chi connectivity index (χ1n) is 8.45. The van der Waals surface area contributed by atoms with Crippen molar-refractivity contribution in [2.75, 3.05) is 0 Å². The average Bonchev–Trinajstić information content (AvgIpc) is 2.51. The van der Waals surface area contributed by atoms with Crippen molar-refractivity contribution in [3.8, 4) is 0 Å². The quantitative estimate of drug-likeness (QED) is 0.480. The van der Waals surface area contributed by atoms with Crippen LogP contribution in [0.3, 0.4) is 0 Å². The van der Waals surface area contributed by atoms with Crippen LogP contribution in [0.4, 0.5) is 5.69 Å². The summed E-state index contributed by atoms with van der Waals surface area (Å²) in [6, 6.07) is 6.32. The van der Waals surface area contributed by atoms with Gasteiger partial charge in [0, 0.05) is 12.1 Å². The fourth-order valence-corrected chi connectivity index (χ4v) is 5.42. The van der Waals surface area contributed by atoms with Gasteiger partial charge in [0.25, 0.3) is 5.69 Å². The maximum Gasteiger partial charge on any atom is 0.312 e. The number of non-ortho nitro benzene ring substituents is 1. The van der Waals surface area contributed by atoms with Gasteiger partial charge in [-0.1, -0.05) is 12.1 Å². The Morgan fingerprint density at radius 3 is 2.35 bits per heavy atom. The molecule has 4 fully saturated rings. The predicted molar refractivity (Wildman–Crippen MR) is 83.5 cm³/mol. The number of rotatable bonds is 4. The van der Waals surface area contributed by atoms with Crippen LogP contribution in [-0.2, 0) is 16.1 Å². The maximum absolute atomic E-state index is 12.7. The number of esters is 1. The van der Waals surface area contributed by atoms with Crippen molar-refractivity contribution in [1.82, 2.24) is 0 Å². The van der Waals surface area contributed by atoms with Gasteiger partial charge in [0.2, 0.25) is 0 Å². The lowest BCUT2D eigenvalue weighted by Gasteiger charge is -2.55. The Morgan fingerprint density at radius 2 is 1.78 bits per heavy atom. The van der Waals surface area contributed by atoms with E-state index in [0.29, 0.717) is 23.3 Å². The van der Waals surface area contributed by atoms with Gasteiger partial charge in [0.1, 0.15) is 6.61 Å². The molecule has 4 bridgehead atoms. The van der Waals surface area contributed by atoms with E-state index in [-0.39, 0.29) is 23.7 Å². The number of hydrogen-bond acceptors (Lipinski definition) is 4. The van der Waals surface area contributed by atoms with Gasteiger partial charge in [-0.15, -0.1) is 0 Å². The zero-order valence-corrected chi connectivity index (χ0v) is 13.1. The number of hydrogen-bond donors (Lipinski definition) is 0. The van der Waals surface area contributed by atoms with Gasteiger partial charge in [-0.2, -0.15) is 0 Å². The fraction of sp³-hybridized carbons (Fsp3) is 0.611. The van der Waals surface area contributed by atoms with E-state index in [1.54, 1.807) is 12.1 Å². The lowest BCUT2D eigenvalue weighted by Crippen LogP contribution is -2.50. The molecule has 0 saturated heterocycles. The van der Waals surface area contributed by atoms with E-state index < -0.39 is 4.92 Å². The molecule has 0 radical (unpaired) electrons. The van der Waals surface area contributed by atoms with E-state index in [4.69, 9.17) is 4.74 Å². The van der Waals surface area contributed by atoms with E-state index in [0.717, 1.165) is 19.3 Å². The summed E-state index contributed by atoms with van der Waals surface area (Å²) in [7, 11) is 0. The first kappa shape index (κ1) is 14.7. The minimum atomic E-state index is -0.426. The van der Waals surface area contributed by atoms with Crippen molar-refractivity contribution in [3.63, 3.8) is 0 Å². The molecule has 5 rings (SSSR count). The summed E-state index contributed by atoms with van der Waals surface area (Å²) in [4.78, 5) is 23.1. The van der Waals surface area contributed by atoms with Gasteiger partial charge < -0.3 is 4.74 Å². The number of carbonyl (C=O) groups is 1. The third kappa shape index (κ3) is 2.62. The van der Waals surface area contributed by atoms with Crippen LogP contribution in [0.5, 0.6) is 0 Å². The van der Waals surface area contributed by atoms with Crippen LogP contribution in [0.2, 0.25) is 0 Å². The van der Waals surface area contributed by atoms with E-state index in [9.17, 15) is 14.9 Å². The monoisotopic (exact) mass is 315 g/mol. The second-order valence-electron chi connectivity index (χ2n) is 7.70. The molecule has 0 N–H and O–H groups in total. The highest BCUT2D eigenvalue weighted by Crippen LogP contribution is 2.60. The smallest absolute Gasteiger partial charge is 0.312 e. The molecule has 23 heavy (non-hydrogen) atoms. The topological polar surface area (TPSA) is 69.4 Å². The Hall–Kier alpha value is -1.91. The number of carbonyl (C=O) groups excluding carboxylic acids is 1. The number of nitro benzene ring substituents is 1. The molecular formula is C18H21NO4. The van der Waals surface area contributed by atoms with Crippen molar-refractivity contribution >= 4 is 11.7 Å². The molecule has 0 spiro atoms. The van der Waals surface area contributed by atoms with Crippen molar-refractivity contribution in [3.05, 3.63) is 39.9 Å². The van der Waals surface area contributed by atoms with Gasteiger partial charge in [-0.3, -0.25) is 14.9 Å². The van der Waals surface area contributed by atoms with E-state index in [1.807, 2.05) is 0 Å². The zero-order chi connectivity index (χ0) is 16.0. The number of benzene rings is 1. The van der Waals surface area contributed by atoms with Gasteiger partial charge >= 0.3 is 5.97 Å². The second-order valence-corrected chi connectivity index (χ2v) is 7.70. The van der Waals surface area contributed by atoms with E-state index in [2.05, 4.69) is 0 Å². The summed E-state index contributed by atoms with van der Waals surface area (Å²) in [5, 5.41) is 10.8. The van der Waals surface area contributed by atoms with Crippen LogP contribution in [0.1, 0.15) is 44.1 Å². The molecule has 4 saturated carbocycles. The van der Waals surface area contributed by atoms with Gasteiger partial charge in [-0.25, -0.2) is 0 Å². The van der Waals surface area contributed by atoms with Crippen LogP contribution >= 0.6 is 0 Å². The Kier molecular flexibility index (Phi) is 3.39. The molecule has 4 aliphatic rings. The van der Waals surface area contributed by atoms with E-state index in [1.165, 1.54) is 31.4 Å². The molecule has 0 aromatic heterocycles. The SMILES string of the molecule is O=C(OCc1cccc([N+](=O)[O-])c1)C12CC3CC(CC(C3)C1)C2. The van der Waals surface area contributed by atoms with Crippen molar-refractivity contribution < 1.29 is 14.5 Å². The number of nitro groups is 1.